The molecule has 4 heteroatoms. The molecular formula is C18H24FNO2. The van der Waals surface area contributed by atoms with E-state index in [0.717, 1.165) is 6.54 Å². The fourth-order valence-electron chi connectivity index (χ4n) is 3.37. The molecule has 1 N–H and O–H groups in total. The lowest BCUT2D eigenvalue weighted by molar-refractivity contribution is -0.137. The van der Waals surface area contributed by atoms with Gasteiger partial charge < -0.3 is 10.1 Å². The third kappa shape index (κ3) is 3.32. The topological polar surface area (TPSA) is 38.3 Å². The Bertz CT molecular complexity index is 522. The molecule has 3 rings (SSSR count). The van der Waals surface area contributed by atoms with E-state index in [1.54, 1.807) is 12.1 Å². The van der Waals surface area contributed by atoms with Gasteiger partial charge in [0.1, 0.15) is 5.82 Å². The number of benzene rings is 1. The number of nitrogens with one attached hydrogen (secondary N) is 1. The molecule has 1 aromatic carbocycles. The molecule has 3 nitrogen and oxygen atoms in total. The lowest BCUT2D eigenvalue weighted by atomic mass is 9.74. The molecule has 1 heterocycles. The van der Waals surface area contributed by atoms with Crippen LogP contribution in [0.4, 0.5) is 4.39 Å². The van der Waals surface area contributed by atoms with Gasteiger partial charge in [-0.25, -0.2) is 4.39 Å². The Kier molecular flexibility index (Phi) is 4.77. The first-order chi connectivity index (χ1) is 10.7. The highest BCUT2D eigenvalue weighted by Gasteiger charge is 2.40. The number of rotatable bonds is 5. The average molecular weight is 305 g/mol. The standard InChI is InChI=1S/C18H24FNO2/c19-16-7-2-1-6-15(16)12-18(8-10-22-11-9-18)17(21)20-13-14-4-3-5-14/h1-2,6-7,14H,3-5,8-13H2,(H,20,21). The number of halogens is 1. The normalized spacial score (nSPS) is 21.1. The number of hydrogen-bond acceptors (Lipinski definition) is 2. The molecule has 0 unspecified atom stereocenters. The number of amides is 1. The van der Waals surface area contributed by atoms with Gasteiger partial charge in [0.05, 0.1) is 5.41 Å². The van der Waals surface area contributed by atoms with E-state index in [0.29, 0.717) is 44.0 Å². The van der Waals surface area contributed by atoms with Gasteiger partial charge in [-0.2, -0.15) is 0 Å². The van der Waals surface area contributed by atoms with E-state index in [1.807, 2.05) is 6.07 Å². The second kappa shape index (κ2) is 6.78. The summed E-state index contributed by atoms with van der Waals surface area (Å²) >= 11 is 0. The van der Waals surface area contributed by atoms with E-state index in [2.05, 4.69) is 5.32 Å². The van der Waals surface area contributed by atoms with E-state index >= 15 is 0 Å². The molecule has 1 aliphatic heterocycles. The van der Waals surface area contributed by atoms with Crippen molar-refractivity contribution in [3.05, 3.63) is 35.6 Å². The number of ether oxygens (including phenoxy) is 1. The van der Waals surface area contributed by atoms with Crippen LogP contribution in [0.25, 0.3) is 0 Å². The summed E-state index contributed by atoms with van der Waals surface area (Å²) in [5, 5.41) is 3.12. The molecule has 1 saturated heterocycles. The summed E-state index contributed by atoms with van der Waals surface area (Å²) in [6.07, 6.45) is 5.48. The molecule has 22 heavy (non-hydrogen) atoms. The van der Waals surface area contributed by atoms with Crippen molar-refractivity contribution in [3.63, 3.8) is 0 Å². The van der Waals surface area contributed by atoms with Gasteiger partial charge in [-0.1, -0.05) is 24.6 Å². The Balaban J connectivity index is 1.72. The van der Waals surface area contributed by atoms with Crippen LogP contribution in [-0.4, -0.2) is 25.7 Å². The summed E-state index contributed by atoms with van der Waals surface area (Å²) in [7, 11) is 0. The number of hydrogen-bond donors (Lipinski definition) is 1. The Morgan fingerprint density at radius 2 is 2.00 bits per heavy atom. The van der Waals surface area contributed by atoms with Gasteiger partial charge in [-0.3, -0.25) is 4.79 Å². The first kappa shape index (κ1) is 15.5. The van der Waals surface area contributed by atoms with Gasteiger partial charge in [0.2, 0.25) is 5.91 Å². The van der Waals surface area contributed by atoms with Crippen molar-refractivity contribution in [1.29, 1.82) is 0 Å². The largest absolute Gasteiger partial charge is 0.381 e. The molecule has 1 amide bonds. The summed E-state index contributed by atoms with van der Waals surface area (Å²) < 4.78 is 19.4. The summed E-state index contributed by atoms with van der Waals surface area (Å²) in [5.41, 5.74) is 0.104. The van der Waals surface area contributed by atoms with Crippen molar-refractivity contribution in [1.82, 2.24) is 5.32 Å². The highest BCUT2D eigenvalue weighted by atomic mass is 19.1. The summed E-state index contributed by atoms with van der Waals surface area (Å²) in [4.78, 5) is 12.8. The fourth-order valence-corrected chi connectivity index (χ4v) is 3.37. The van der Waals surface area contributed by atoms with Gasteiger partial charge in [0.15, 0.2) is 0 Å². The number of carbonyl (C=O) groups excluding carboxylic acids is 1. The van der Waals surface area contributed by atoms with Crippen LogP contribution in [-0.2, 0) is 16.0 Å². The predicted octanol–water partition coefficient (Wildman–Crippen LogP) is 3.08. The smallest absolute Gasteiger partial charge is 0.226 e. The summed E-state index contributed by atoms with van der Waals surface area (Å²) in [5.74, 6) is 0.486. The molecular weight excluding hydrogens is 281 g/mol. The van der Waals surface area contributed by atoms with Crippen LogP contribution in [0.3, 0.4) is 0 Å². The van der Waals surface area contributed by atoms with Crippen LogP contribution >= 0.6 is 0 Å². The van der Waals surface area contributed by atoms with Crippen molar-refractivity contribution in [2.45, 2.75) is 38.5 Å². The Labute approximate surface area is 131 Å². The molecule has 0 spiro atoms. The van der Waals surface area contributed by atoms with Crippen LogP contribution in [0, 0.1) is 17.2 Å². The minimum absolute atomic E-state index is 0.0750. The highest BCUT2D eigenvalue weighted by Crippen LogP contribution is 2.36. The molecule has 2 fully saturated rings. The predicted molar refractivity (Wildman–Crippen MR) is 82.9 cm³/mol. The van der Waals surface area contributed by atoms with E-state index in [4.69, 9.17) is 4.74 Å². The van der Waals surface area contributed by atoms with Crippen molar-refractivity contribution in [3.8, 4) is 0 Å². The zero-order valence-electron chi connectivity index (χ0n) is 12.9. The van der Waals surface area contributed by atoms with Crippen molar-refractivity contribution in [2.24, 2.45) is 11.3 Å². The molecule has 0 atom stereocenters. The average Bonchev–Trinajstić information content (AvgIpc) is 2.49. The van der Waals surface area contributed by atoms with Gasteiger partial charge >= 0.3 is 0 Å². The van der Waals surface area contributed by atoms with Crippen molar-refractivity contribution >= 4 is 5.91 Å². The maximum atomic E-state index is 14.0. The zero-order valence-corrected chi connectivity index (χ0v) is 12.9. The Morgan fingerprint density at radius 3 is 2.64 bits per heavy atom. The third-order valence-electron chi connectivity index (χ3n) is 5.19. The van der Waals surface area contributed by atoms with Gasteiger partial charge in [-0.15, -0.1) is 0 Å². The van der Waals surface area contributed by atoms with E-state index in [9.17, 15) is 9.18 Å². The molecule has 0 aromatic heterocycles. The lowest BCUT2D eigenvalue weighted by Crippen LogP contribution is -2.47. The third-order valence-corrected chi connectivity index (χ3v) is 5.19. The van der Waals surface area contributed by atoms with Crippen molar-refractivity contribution in [2.75, 3.05) is 19.8 Å². The minimum Gasteiger partial charge on any atom is -0.381 e. The fraction of sp³-hybridized carbons (Fsp3) is 0.611. The quantitative estimate of drug-likeness (QED) is 0.908. The minimum atomic E-state index is -0.524. The van der Waals surface area contributed by atoms with Crippen molar-refractivity contribution < 1.29 is 13.9 Å². The van der Waals surface area contributed by atoms with Crippen LogP contribution < -0.4 is 5.32 Å². The van der Waals surface area contributed by atoms with Gasteiger partial charge in [0, 0.05) is 19.8 Å². The number of carbonyl (C=O) groups is 1. The first-order valence-electron chi connectivity index (χ1n) is 8.29. The van der Waals surface area contributed by atoms with E-state index < -0.39 is 5.41 Å². The Morgan fingerprint density at radius 1 is 1.27 bits per heavy atom. The Hall–Kier alpha value is -1.42. The van der Waals surface area contributed by atoms with Gasteiger partial charge in [0.25, 0.3) is 0 Å². The monoisotopic (exact) mass is 305 g/mol. The molecule has 0 radical (unpaired) electrons. The van der Waals surface area contributed by atoms with Crippen LogP contribution in [0.2, 0.25) is 0 Å². The SMILES string of the molecule is O=C(NCC1CCC1)C1(Cc2ccccc2F)CCOCC1. The van der Waals surface area contributed by atoms with Gasteiger partial charge in [-0.05, 0) is 49.7 Å². The molecule has 1 saturated carbocycles. The van der Waals surface area contributed by atoms with E-state index in [-0.39, 0.29) is 11.7 Å². The molecule has 0 bridgehead atoms. The van der Waals surface area contributed by atoms with Crippen LogP contribution in [0.1, 0.15) is 37.7 Å². The maximum absolute atomic E-state index is 14.0. The second-order valence-electron chi connectivity index (χ2n) is 6.67. The molecule has 120 valence electrons. The van der Waals surface area contributed by atoms with E-state index in [1.165, 1.54) is 25.3 Å². The highest BCUT2D eigenvalue weighted by molar-refractivity contribution is 5.83. The maximum Gasteiger partial charge on any atom is 0.226 e. The summed E-state index contributed by atoms with van der Waals surface area (Å²) in [6.45, 7) is 1.91. The second-order valence-corrected chi connectivity index (χ2v) is 6.67. The lowest BCUT2D eigenvalue weighted by Gasteiger charge is -2.37. The summed E-state index contributed by atoms with van der Waals surface area (Å²) in [6, 6.07) is 6.77. The first-order valence-corrected chi connectivity index (χ1v) is 8.29. The molecule has 2 aliphatic rings. The molecule has 1 aromatic rings. The van der Waals surface area contributed by atoms with Crippen LogP contribution in [0.5, 0.6) is 0 Å². The van der Waals surface area contributed by atoms with Crippen LogP contribution in [0.15, 0.2) is 24.3 Å². The zero-order chi connectivity index (χ0) is 15.4. The molecule has 1 aliphatic carbocycles.